The summed E-state index contributed by atoms with van der Waals surface area (Å²) in [6.45, 7) is 2.13. The van der Waals surface area contributed by atoms with Crippen molar-refractivity contribution in [3.8, 4) is 0 Å². The Morgan fingerprint density at radius 3 is 2.92 bits per heavy atom. The fourth-order valence-electron chi connectivity index (χ4n) is 1.43. The molecule has 2 aromatic rings. The van der Waals surface area contributed by atoms with Crippen LogP contribution in [0.4, 0.5) is 0 Å². The first kappa shape index (κ1) is 9.50. The predicted octanol–water partition coefficient (Wildman–Crippen LogP) is 4.76. The smallest absolute Gasteiger partial charge is 0.0591 e. The molecule has 13 heavy (non-hydrogen) atoms. The molecule has 2 rings (SSSR count). The lowest BCUT2D eigenvalue weighted by Crippen LogP contribution is -1.80. The van der Waals surface area contributed by atoms with Crippen LogP contribution >= 0.6 is 38.9 Å². The van der Waals surface area contributed by atoms with Crippen LogP contribution < -0.4 is 0 Å². The molecule has 0 aliphatic heterocycles. The number of hydrogen-bond donors (Lipinski definition) is 0. The minimum atomic E-state index is 0.867. The molecule has 0 aliphatic carbocycles. The lowest BCUT2D eigenvalue weighted by Gasteiger charge is -2.00. The molecule has 0 atom stereocenters. The summed E-state index contributed by atoms with van der Waals surface area (Å²) in [4.78, 5) is 0. The second-order valence-electron chi connectivity index (χ2n) is 3.01. The summed E-state index contributed by atoms with van der Waals surface area (Å²) in [6.07, 6.45) is 0. The number of rotatable bonds is 1. The minimum absolute atomic E-state index is 0.867. The average molecular weight is 276 g/mol. The van der Waals surface area contributed by atoms with E-state index < -0.39 is 0 Å². The molecule has 1 aromatic carbocycles. The van der Waals surface area contributed by atoms with Crippen LogP contribution in [0, 0.1) is 6.92 Å². The maximum absolute atomic E-state index is 6.07. The molecule has 0 amide bonds. The number of hydrogen-bond acceptors (Lipinski definition) is 1. The molecule has 1 heterocycles. The first-order valence-corrected chi connectivity index (χ1v) is 6.32. The fraction of sp³-hybridized carbons (Fsp3) is 0.200. The van der Waals surface area contributed by atoms with Crippen LogP contribution in [0.15, 0.2) is 17.5 Å². The summed E-state index contributed by atoms with van der Waals surface area (Å²) < 4.78 is 1.30. The third-order valence-corrected chi connectivity index (χ3v) is 4.25. The van der Waals surface area contributed by atoms with Crippen molar-refractivity contribution in [3.63, 3.8) is 0 Å². The highest BCUT2D eigenvalue weighted by molar-refractivity contribution is 9.08. The van der Waals surface area contributed by atoms with Gasteiger partial charge in [0.15, 0.2) is 0 Å². The molecule has 0 nitrogen and oxygen atoms in total. The van der Waals surface area contributed by atoms with Gasteiger partial charge in [0.25, 0.3) is 0 Å². The Hall–Kier alpha value is -0.0500. The zero-order chi connectivity index (χ0) is 9.42. The Balaban J connectivity index is 2.80. The van der Waals surface area contributed by atoms with E-state index in [1.807, 2.05) is 5.38 Å². The van der Waals surface area contributed by atoms with Crippen molar-refractivity contribution in [2.24, 2.45) is 0 Å². The Bertz CT molecular complexity index is 447. The van der Waals surface area contributed by atoms with Gasteiger partial charge in [0.2, 0.25) is 0 Å². The number of fused-ring (bicyclic) bond motifs is 1. The van der Waals surface area contributed by atoms with E-state index in [0.717, 1.165) is 10.4 Å². The van der Waals surface area contributed by atoms with Gasteiger partial charge in [-0.15, -0.1) is 11.3 Å². The summed E-state index contributed by atoms with van der Waals surface area (Å²) >= 11 is 11.2. The van der Waals surface area contributed by atoms with E-state index in [-0.39, 0.29) is 0 Å². The van der Waals surface area contributed by atoms with Crippen LogP contribution in [0.1, 0.15) is 11.1 Å². The molecule has 0 fully saturated rings. The van der Waals surface area contributed by atoms with Crippen LogP contribution in [-0.2, 0) is 5.33 Å². The van der Waals surface area contributed by atoms with E-state index in [0.29, 0.717) is 0 Å². The third-order valence-electron chi connectivity index (χ3n) is 2.03. The molecular weight excluding hydrogens is 268 g/mol. The maximum Gasteiger partial charge on any atom is 0.0591 e. The van der Waals surface area contributed by atoms with E-state index in [4.69, 9.17) is 11.6 Å². The Morgan fingerprint density at radius 1 is 1.46 bits per heavy atom. The van der Waals surface area contributed by atoms with Crippen molar-refractivity contribution in [1.29, 1.82) is 0 Å². The lowest BCUT2D eigenvalue weighted by atomic mass is 10.1. The van der Waals surface area contributed by atoms with E-state index in [2.05, 4.69) is 35.0 Å². The van der Waals surface area contributed by atoms with Crippen molar-refractivity contribution in [2.45, 2.75) is 12.3 Å². The van der Waals surface area contributed by atoms with Crippen molar-refractivity contribution in [2.75, 3.05) is 0 Å². The van der Waals surface area contributed by atoms with Crippen LogP contribution in [0.3, 0.4) is 0 Å². The lowest BCUT2D eigenvalue weighted by molar-refractivity contribution is 1.42. The highest BCUT2D eigenvalue weighted by Crippen LogP contribution is 2.33. The van der Waals surface area contributed by atoms with Crippen molar-refractivity contribution >= 4 is 49.0 Å². The van der Waals surface area contributed by atoms with Crippen molar-refractivity contribution < 1.29 is 0 Å². The zero-order valence-corrected chi connectivity index (χ0v) is 10.3. The van der Waals surface area contributed by atoms with Gasteiger partial charge in [-0.1, -0.05) is 33.6 Å². The number of halogens is 2. The van der Waals surface area contributed by atoms with E-state index >= 15 is 0 Å². The highest BCUT2D eigenvalue weighted by Gasteiger charge is 2.05. The normalized spacial score (nSPS) is 11.0. The van der Waals surface area contributed by atoms with Crippen LogP contribution in [-0.4, -0.2) is 0 Å². The summed E-state index contributed by atoms with van der Waals surface area (Å²) in [6, 6.07) is 4.35. The largest absolute Gasteiger partial charge is 0.142 e. The van der Waals surface area contributed by atoms with Gasteiger partial charge >= 0.3 is 0 Å². The summed E-state index contributed by atoms with van der Waals surface area (Å²) in [5.41, 5.74) is 2.59. The van der Waals surface area contributed by atoms with Crippen molar-refractivity contribution in [1.82, 2.24) is 0 Å². The molecule has 1 aromatic heterocycles. The van der Waals surface area contributed by atoms with Gasteiger partial charge in [-0.05, 0) is 24.1 Å². The molecule has 68 valence electrons. The quantitative estimate of drug-likeness (QED) is 0.658. The monoisotopic (exact) mass is 274 g/mol. The van der Waals surface area contributed by atoms with Crippen LogP contribution in [0.5, 0.6) is 0 Å². The molecule has 0 bridgehead atoms. The van der Waals surface area contributed by atoms with Gasteiger partial charge in [0.05, 0.1) is 5.02 Å². The second-order valence-corrected chi connectivity index (χ2v) is 4.85. The van der Waals surface area contributed by atoms with Gasteiger partial charge in [0.1, 0.15) is 0 Å². The number of aryl methyl sites for hydroxylation is 1. The van der Waals surface area contributed by atoms with Crippen molar-refractivity contribution in [3.05, 3.63) is 33.7 Å². The number of thiophene rings is 1. The molecule has 0 saturated carbocycles. The van der Waals surface area contributed by atoms with Crippen LogP contribution in [0.2, 0.25) is 5.02 Å². The van der Waals surface area contributed by atoms with Gasteiger partial charge in [-0.25, -0.2) is 0 Å². The predicted molar refractivity (Wildman–Crippen MR) is 64.2 cm³/mol. The molecule has 0 radical (unpaired) electrons. The molecule has 0 spiro atoms. The zero-order valence-electron chi connectivity index (χ0n) is 7.10. The topological polar surface area (TPSA) is 0 Å². The van der Waals surface area contributed by atoms with E-state index in [1.165, 1.54) is 21.2 Å². The number of benzene rings is 1. The molecule has 3 heteroatoms. The molecular formula is C10H8BrClS. The minimum Gasteiger partial charge on any atom is -0.142 e. The molecule has 0 saturated heterocycles. The summed E-state index contributed by atoms with van der Waals surface area (Å²) in [5, 5.41) is 4.93. The average Bonchev–Trinajstić information content (AvgIpc) is 2.48. The third kappa shape index (κ3) is 1.63. The standard InChI is InChI=1S/C10H8BrClS/c1-6-2-7(4-11)3-8-9(12)5-13-10(6)8/h2-3,5H,4H2,1H3. The SMILES string of the molecule is Cc1cc(CBr)cc2c(Cl)csc12. The highest BCUT2D eigenvalue weighted by atomic mass is 79.9. The number of alkyl halides is 1. The molecule has 0 aliphatic rings. The van der Waals surface area contributed by atoms with Gasteiger partial charge in [-0.2, -0.15) is 0 Å². The van der Waals surface area contributed by atoms with E-state index in [1.54, 1.807) is 11.3 Å². The summed E-state index contributed by atoms with van der Waals surface area (Å²) in [5.74, 6) is 0. The maximum atomic E-state index is 6.07. The van der Waals surface area contributed by atoms with E-state index in [9.17, 15) is 0 Å². The Labute approximate surface area is 94.7 Å². The van der Waals surface area contributed by atoms with Crippen LogP contribution in [0.25, 0.3) is 10.1 Å². The fourth-order valence-corrected chi connectivity index (χ4v) is 2.99. The first-order valence-electron chi connectivity index (χ1n) is 3.94. The van der Waals surface area contributed by atoms with Gasteiger partial charge in [-0.3, -0.25) is 0 Å². The summed E-state index contributed by atoms with van der Waals surface area (Å²) in [7, 11) is 0. The second kappa shape index (κ2) is 3.60. The Morgan fingerprint density at radius 2 is 2.23 bits per heavy atom. The molecule has 0 unspecified atom stereocenters. The Kier molecular flexibility index (Phi) is 2.63. The molecule has 0 N–H and O–H groups in total. The first-order chi connectivity index (χ1) is 6.22. The van der Waals surface area contributed by atoms with Gasteiger partial charge < -0.3 is 0 Å². The van der Waals surface area contributed by atoms with Gasteiger partial charge in [0, 0.05) is 20.8 Å².